The molecule has 2 atom stereocenters. The predicted octanol–water partition coefficient (Wildman–Crippen LogP) is 5.10. The van der Waals surface area contributed by atoms with Crippen LogP contribution in [0.4, 0.5) is 19.0 Å². The van der Waals surface area contributed by atoms with Gasteiger partial charge < -0.3 is 25.3 Å². The van der Waals surface area contributed by atoms with Crippen molar-refractivity contribution in [2.75, 3.05) is 18.9 Å². The van der Waals surface area contributed by atoms with Crippen molar-refractivity contribution in [2.24, 2.45) is 0 Å². The van der Waals surface area contributed by atoms with Crippen LogP contribution in [0.15, 0.2) is 54.8 Å². The number of carbonyl (C=O) groups is 1. The van der Waals surface area contributed by atoms with Crippen molar-refractivity contribution in [3.8, 4) is 0 Å². The molecule has 0 unspecified atom stereocenters. The number of hydrogen-bond acceptors (Lipinski definition) is 6. The number of nitrogens with zero attached hydrogens (tertiary/aromatic N) is 1. The number of carbonyl (C=O) groups excluding carboxylic acids is 1. The van der Waals surface area contributed by atoms with Crippen LogP contribution in [0.1, 0.15) is 47.9 Å². The highest BCUT2D eigenvalue weighted by molar-refractivity contribution is 5.99. The molecular formula is C25H28F3N3O4. The molecule has 1 amide bonds. The molecule has 0 saturated carbocycles. The van der Waals surface area contributed by atoms with E-state index in [1.165, 1.54) is 6.08 Å². The second-order valence-electron chi connectivity index (χ2n) is 8.10. The topological polar surface area (TPSA) is 95.7 Å². The molecule has 0 saturated heterocycles. The summed E-state index contributed by atoms with van der Waals surface area (Å²) in [5, 5.41) is 3.60. The number of nitrogens with two attached hydrogens (primary N) is 1. The molecule has 0 bridgehead atoms. The standard InChI is InChI=1S/C25H28F3N3O4/c1-5-10-33-13-21(14(2)6-7-15(3)35-25(26,27)28)31-24(32)17-8-9-20-18(11-17)19-12-34-16(4)22(19)23(29)30-20/h6-9,11,16,21H,2-3,5,10,12-13H2,1,4H3,(H2,29,30)(H,31,32)/b7-6-/t16-,21-/m1/s1. The molecule has 10 heteroatoms. The van der Waals surface area contributed by atoms with E-state index in [4.69, 9.17) is 15.2 Å². The minimum Gasteiger partial charge on any atom is -0.406 e. The fourth-order valence-corrected chi connectivity index (χ4v) is 3.73. The number of alkyl halides is 3. The van der Waals surface area contributed by atoms with Crippen LogP contribution in [0.5, 0.6) is 0 Å². The number of fused-ring (bicyclic) bond motifs is 3. The zero-order valence-electron chi connectivity index (χ0n) is 19.6. The van der Waals surface area contributed by atoms with Crippen molar-refractivity contribution in [3.05, 3.63) is 71.5 Å². The number of halogens is 3. The van der Waals surface area contributed by atoms with E-state index in [0.29, 0.717) is 35.7 Å². The molecule has 1 aromatic heterocycles. The molecule has 0 aliphatic carbocycles. The first-order valence-electron chi connectivity index (χ1n) is 11.0. The predicted molar refractivity (Wildman–Crippen MR) is 126 cm³/mol. The molecule has 3 rings (SSSR count). The van der Waals surface area contributed by atoms with E-state index in [1.54, 1.807) is 18.2 Å². The molecule has 2 aromatic rings. The van der Waals surface area contributed by atoms with Crippen LogP contribution in [-0.4, -0.2) is 36.5 Å². The largest absolute Gasteiger partial charge is 0.573 e. The van der Waals surface area contributed by atoms with Gasteiger partial charge in [-0.1, -0.05) is 26.2 Å². The van der Waals surface area contributed by atoms with Crippen molar-refractivity contribution < 1.29 is 32.2 Å². The number of anilines is 1. The zero-order valence-corrected chi connectivity index (χ0v) is 19.6. The Morgan fingerprint density at radius 1 is 1.37 bits per heavy atom. The molecule has 0 fully saturated rings. The Morgan fingerprint density at radius 2 is 2.11 bits per heavy atom. The van der Waals surface area contributed by atoms with E-state index in [0.717, 1.165) is 29.0 Å². The molecule has 188 valence electrons. The van der Waals surface area contributed by atoms with Crippen molar-refractivity contribution >= 4 is 22.6 Å². The van der Waals surface area contributed by atoms with Crippen molar-refractivity contribution in [1.82, 2.24) is 10.3 Å². The van der Waals surface area contributed by atoms with E-state index < -0.39 is 24.1 Å². The van der Waals surface area contributed by atoms with Gasteiger partial charge in [-0.2, -0.15) is 0 Å². The van der Waals surface area contributed by atoms with Crippen molar-refractivity contribution in [3.63, 3.8) is 0 Å². The third-order valence-corrected chi connectivity index (χ3v) is 5.43. The van der Waals surface area contributed by atoms with Crippen LogP contribution in [0, 0.1) is 0 Å². The monoisotopic (exact) mass is 491 g/mol. The van der Waals surface area contributed by atoms with E-state index in [-0.39, 0.29) is 12.7 Å². The van der Waals surface area contributed by atoms with Gasteiger partial charge in [-0.25, -0.2) is 4.98 Å². The first-order valence-corrected chi connectivity index (χ1v) is 11.0. The number of hydrogen-bond donors (Lipinski definition) is 2. The zero-order chi connectivity index (χ0) is 25.8. The molecule has 35 heavy (non-hydrogen) atoms. The van der Waals surface area contributed by atoms with Gasteiger partial charge in [-0.05, 0) is 48.8 Å². The Balaban J connectivity index is 1.81. The number of amides is 1. The van der Waals surface area contributed by atoms with Crippen LogP contribution >= 0.6 is 0 Å². The van der Waals surface area contributed by atoms with Gasteiger partial charge in [-0.3, -0.25) is 4.79 Å². The Morgan fingerprint density at radius 3 is 2.80 bits per heavy atom. The van der Waals surface area contributed by atoms with Crippen molar-refractivity contribution in [2.45, 2.75) is 45.4 Å². The number of benzene rings is 1. The van der Waals surface area contributed by atoms with Gasteiger partial charge in [-0.15, -0.1) is 13.2 Å². The minimum atomic E-state index is -4.85. The summed E-state index contributed by atoms with van der Waals surface area (Å²) in [7, 11) is 0. The molecule has 0 spiro atoms. The smallest absolute Gasteiger partial charge is 0.406 e. The number of pyridine rings is 1. The summed E-state index contributed by atoms with van der Waals surface area (Å²) in [6.45, 7) is 11.8. The van der Waals surface area contributed by atoms with Gasteiger partial charge in [0.25, 0.3) is 5.91 Å². The van der Waals surface area contributed by atoms with Gasteiger partial charge in [0.15, 0.2) is 0 Å². The fraction of sp³-hybridized carbons (Fsp3) is 0.360. The second kappa shape index (κ2) is 10.9. The highest BCUT2D eigenvalue weighted by atomic mass is 19.4. The van der Waals surface area contributed by atoms with Crippen LogP contribution in [0.25, 0.3) is 10.9 Å². The SMILES string of the molecule is C=C(/C=C\C(=C)[C@@H](COCCC)NC(=O)c1ccc2nc(N)c3c(c2c1)CO[C@@H]3C)OC(F)(F)F. The van der Waals surface area contributed by atoms with E-state index >= 15 is 0 Å². The van der Waals surface area contributed by atoms with E-state index in [2.05, 4.69) is 28.2 Å². The number of allylic oxidation sites excluding steroid dienone is 1. The Kier molecular flexibility index (Phi) is 8.18. The average Bonchev–Trinajstić information content (AvgIpc) is 3.18. The van der Waals surface area contributed by atoms with Crippen LogP contribution in [0.3, 0.4) is 0 Å². The molecule has 7 nitrogen and oxygen atoms in total. The first-order chi connectivity index (χ1) is 16.5. The molecule has 1 aliphatic rings. The summed E-state index contributed by atoms with van der Waals surface area (Å²) in [4.78, 5) is 17.5. The van der Waals surface area contributed by atoms with E-state index in [9.17, 15) is 18.0 Å². The average molecular weight is 492 g/mol. The first kappa shape index (κ1) is 26.2. The summed E-state index contributed by atoms with van der Waals surface area (Å²) in [6, 6.07) is 4.36. The molecule has 1 aliphatic heterocycles. The third kappa shape index (κ3) is 6.61. The quantitative estimate of drug-likeness (QED) is 0.273. The van der Waals surface area contributed by atoms with E-state index in [1.807, 2.05) is 13.8 Å². The van der Waals surface area contributed by atoms with Gasteiger partial charge >= 0.3 is 6.36 Å². The number of aromatic nitrogens is 1. The maximum atomic E-state index is 13.1. The highest BCUT2D eigenvalue weighted by Crippen LogP contribution is 2.38. The lowest BCUT2D eigenvalue weighted by Gasteiger charge is -2.20. The summed E-state index contributed by atoms with van der Waals surface area (Å²) in [5.41, 5.74) is 9.14. The summed E-state index contributed by atoms with van der Waals surface area (Å²) in [5.74, 6) is -0.610. The lowest BCUT2D eigenvalue weighted by atomic mass is 10.00. The van der Waals surface area contributed by atoms with Crippen molar-refractivity contribution in [1.29, 1.82) is 0 Å². The maximum Gasteiger partial charge on any atom is 0.573 e. The molecule has 3 N–H and O–H groups in total. The van der Waals surface area contributed by atoms with Gasteiger partial charge in [0.05, 0.1) is 30.9 Å². The summed E-state index contributed by atoms with van der Waals surface area (Å²) >= 11 is 0. The number of ether oxygens (including phenoxy) is 3. The van der Waals surface area contributed by atoms with Gasteiger partial charge in [0.2, 0.25) is 0 Å². The van der Waals surface area contributed by atoms with Gasteiger partial charge in [0, 0.05) is 23.1 Å². The molecule has 2 heterocycles. The van der Waals surface area contributed by atoms with Crippen LogP contribution < -0.4 is 11.1 Å². The molecular weight excluding hydrogens is 463 g/mol. The lowest BCUT2D eigenvalue weighted by Crippen LogP contribution is -2.39. The van der Waals surface area contributed by atoms with Crippen LogP contribution in [0.2, 0.25) is 0 Å². The normalized spacial score (nSPS) is 16.3. The Hall–Kier alpha value is -3.37. The molecule has 0 radical (unpaired) electrons. The Labute approximate surface area is 201 Å². The fourth-order valence-electron chi connectivity index (χ4n) is 3.73. The lowest BCUT2D eigenvalue weighted by molar-refractivity contribution is -0.303. The number of rotatable bonds is 10. The summed E-state index contributed by atoms with van der Waals surface area (Å²) < 4.78 is 52.1. The maximum absolute atomic E-state index is 13.1. The Bertz CT molecular complexity index is 1160. The second-order valence-corrected chi connectivity index (χ2v) is 8.10. The third-order valence-electron chi connectivity index (χ3n) is 5.43. The highest BCUT2D eigenvalue weighted by Gasteiger charge is 2.31. The number of nitrogens with one attached hydrogen (secondary N) is 1. The van der Waals surface area contributed by atoms with Gasteiger partial charge in [0.1, 0.15) is 11.6 Å². The summed E-state index contributed by atoms with van der Waals surface area (Å²) in [6.07, 6.45) is -1.95. The van der Waals surface area contributed by atoms with Crippen LogP contribution in [-0.2, 0) is 20.8 Å². The minimum absolute atomic E-state index is 0.0851. The number of nitrogen functional groups attached to an aromatic ring is 1. The molecule has 1 aromatic carbocycles.